The molecule has 0 radical (unpaired) electrons. The minimum Gasteiger partial charge on any atom is -0.334 e. The summed E-state index contributed by atoms with van der Waals surface area (Å²) in [5.41, 5.74) is 1.60. The fourth-order valence-corrected chi connectivity index (χ4v) is 2.41. The van der Waals surface area contributed by atoms with Gasteiger partial charge in [0.1, 0.15) is 0 Å². The molecule has 0 fully saturated rings. The molecule has 1 aromatic carbocycles. The number of imidazole rings is 1. The van der Waals surface area contributed by atoms with E-state index in [-0.39, 0.29) is 4.90 Å². The lowest BCUT2D eigenvalue weighted by molar-refractivity contribution is 0.521. The highest BCUT2D eigenvalue weighted by molar-refractivity contribution is 7.89. The predicted octanol–water partition coefficient (Wildman–Crippen LogP) is 0.824. The van der Waals surface area contributed by atoms with Crippen LogP contribution in [-0.4, -0.2) is 36.4 Å². The van der Waals surface area contributed by atoms with Gasteiger partial charge in [-0.05, 0) is 18.2 Å². The van der Waals surface area contributed by atoms with E-state index in [0.29, 0.717) is 5.52 Å². The van der Waals surface area contributed by atoms with Crippen molar-refractivity contribution in [2.45, 2.75) is 4.90 Å². The maximum Gasteiger partial charge on any atom is 0.242 e. The highest BCUT2D eigenvalue weighted by Gasteiger charge is 2.17. The van der Waals surface area contributed by atoms with E-state index >= 15 is 0 Å². The van der Waals surface area contributed by atoms with Gasteiger partial charge in [-0.3, -0.25) is 0 Å². The van der Waals surface area contributed by atoms with Gasteiger partial charge in [0.05, 0.1) is 22.3 Å². The lowest BCUT2D eigenvalue weighted by Gasteiger charge is -2.10. The number of aryl methyl sites for hydroxylation is 1. The highest BCUT2D eigenvalue weighted by atomic mass is 32.2. The molecule has 0 aliphatic rings. The largest absolute Gasteiger partial charge is 0.334 e. The lowest BCUT2D eigenvalue weighted by Crippen LogP contribution is -2.22. The van der Waals surface area contributed by atoms with Crippen molar-refractivity contribution in [3.63, 3.8) is 0 Å². The summed E-state index contributed by atoms with van der Waals surface area (Å²) in [4.78, 5) is 4.40. The Morgan fingerprint density at radius 2 is 2.00 bits per heavy atom. The lowest BCUT2D eigenvalue weighted by atomic mass is 10.3. The van der Waals surface area contributed by atoms with Gasteiger partial charge in [-0.1, -0.05) is 0 Å². The van der Waals surface area contributed by atoms with Gasteiger partial charge in [0, 0.05) is 21.1 Å². The first-order valence-corrected chi connectivity index (χ1v) is 6.20. The summed E-state index contributed by atoms with van der Waals surface area (Å²) in [6.45, 7) is 0. The van der Waals surface area contributed by atoms with E-state index in [9.17, 15) is 8.42 Å². The number of benzene rings is 1. The van der Waals surface area contributed by atoms with Crippen LogP contribution in [0.15, 0.2) is 29.4 Å². The Kier molecular flexibility index (Phi) is 2.47. The molecule has 1 aromatic heterocycles. The molecule has 0 N–H and O–H groups in total. The average Bonchev–Trinajstić information content (AvgIpc) is 2.60. The molecule has 0 unspecified atom stereocenters. The number of fused-ring (bicyclic) bond motifs is 1. The third-order valence-corrected chi connectivity index (χ3v) is 4.29. The number of rotatable bonds is 2. The Morgan fingerprint density at radius 3 is 2.62 bits per heavy atom. The van der Waals surface area contributed by atoms with Crippen molar-refractivity contribution >= 4 is 21.1 Å². The summed E-state index contributed by atoms with van der Waals surface area (Å²) >= 11 is 0. The maximum atomic E-state index is 11.9. The van der Waals surface area contributed by atoms with Crippen LogP contribution in [0.25, 0.3) is 11.0 Å². The predicted molar refractivity (Wildman–Crippen MR) is 61.6 cm³/mol. The Morgan fingerprint density at radius 1 is 1.31 bits per heavy atom. The minimum absolute atomic E-state index is 0.267. The van der Waals surface area contributed by atoms with Gasteiger partial charge in [-0.15, -0.1) is 0 Å². The van der Waals surface area contributed by atoms with Crippen molar-refractivity contribution in [2.24, 2.45) is 7.05 Å². The third kappa shape index (κ3) is 1.60. The minimum atomic E-state index is -3.38. The zero-order valence-electron chi connectivity index (χ0n) is 9.38. The molecule has 0 saturated carbocycles. The zero-order chi connectivity index (χ0) is 11.9. The molecule has 1 heterocycles. The number of aromatic nitrogens is 2. The molecule has 0 saturated heterocycles. The third-order valence-electron chi connectivity index (χ3n) is 2.48. The van der Waals surface area contributed by atoms with E-state index in [4.69, 9.17) is 0 Å². The van der Waals surface area contributed by atoms with Crippen molar-refractivity contribution in [3.05, 3.63) is 24.5 Å². The molecule has 16 heavy (non-hydrogen) atoms. The molecule has 6 heteroatoms. The molecule has 0 bridgehead atoms. The second-order valence-electron chi connectivity index (χ2n) is 3.79. The quantitative estimate of drug-likeness (QED) is 0.779. The van der Waals surface area contributed by atoms with Crippen molar-refractivity contribution < 1.29 is 8.42 Å². The van der Waals surface area contributed by atoms with Gasteiger partial charge in [-0.25, -0.2) is 17.7 Å². The second-order valence-corrected chi connectivity index (χ2v) is 5.95. The Labute approximate surface area is 94.4 Å². The van der Waals surface area contributed by atoms with Crippen LogP contribution in [0.5, 0.6) is 0 Å². The molecule has 0 spiro atoms. The fourth-order valence-electron chi connectivity index (χ4n) is 1.49. The van der Waals surface area contributed by atoms with Crippen molar-refractivity contribution in [1.29, 1.82) is 0 Å². The molecule has 5 nitrogen and oxygen atoms in total. The summed E-state index contributed by atoms with van der Waals surface area (Å²) in [5, 5.41) is 0. The van der Waals surface area contributed by atoms with Crippen LogP contribution in [0, 0.1) is 0 Å². The van der Waals surface area contributed by atoms with Crippen molar-refractivity contribution in [1.82, 2.24) is 13.9 Å². The van der Waals surface area contributed by atoms with E-state index < -0.39 is 10.0 Å². The van der Waals surface area contributed by atoms with Crippen LogP contribution < -0.4 is 0 Å². The SMILES string of the molecule is CN(C)S(=O)(=O)c1ccc2c(c1)ncn2C. The number of nitrogens with zero attached hydrogens (tertiary/aromatic N) is 3. The maximum absolute atomic E-state index is 11.9. The van der Waals surface area contributed by atoms with Crippen LogP contribution in [0.2, 0.25) is 0 Å². The van der Waals surface area contributed by atoms with Gasteiger partial charge in [0.25, 0.3) is 0 Å². The summed E-state index contributed by atoms with van der Waals surface area (Å²) in [7, 11) is 1.52. The van der Waals surface area contributed by atoms with Crippen LogP contribution in [0.1, 0.15) is 0 Å². The van der Waals surface area contributed by atoms with Crippen LogP contribution >= 0.6 is 0 Å². The smallest absolute Gasteiger partial charge is 0.242 e. The van der Waals surface area contributed by atoms with Crippen molar-refractivity contribution in [2.75, 3.05) is 14.1 Å². The molecule has 0 amide bonds. The molecule has 2 aromatic rings. The summed E-state index contributed by atoms with van der Waals surface area (Å²) in [6, 6.07) is 4.95. The Hall–Kier alpha value is -1.40. The first-order valence-electron chi connectivity index (χ1n) is 4.76. The van der Waals surface area contributed by atoms with Gasteiger partial charge >= 0.3 is 0 Å². The van der Waals surface area contributed by atoms with E-state index in [1.807, 2.05) is 11.6 Å². The topological polar surface area (TPSA) is 55.2 Å². The van der Waals surface area contributed by atoms with Crippen LogP contribution in [0.4, 0.5) is 0 Å². The van der Waals surface area contributed by atoms with E-state index in [1.165, 1.54) is 18.4 Å². The highest BCUT2D eigenvalue weighted by Crippen LogP contribution is 2.19. The van der Waals surface area contributed by atoms with E-state index in [1.54, 1.807) is 24.5 Å². The number of sulfonamides is 1. The summed E-state index contributed by atoms with van der Waals surface area (Å²) in [5.74, 6) is 0. The molecular formula is C10H13N3O2S. The van der Waals surface area contributed by atoms with Gasteiger partial charge in [-0.2, -0.15) is 0 Å². The molecule has 0 aliphatic heterocycles. The summed E-state index contributed by atoms with van der Waals surface area (Å²) in [6.07, 6.45) is 1.66. The monoisotopic (exact) mass is 239 g/mol. The normalized spacial score (nSPS) is 12.5. The Bertz CT molecular complexity index is 629. The van der Waals surface area contributed by atoms with Gasteiger partial charge < -0.3 is 4.57 Å². The fraction of sp³-hybridized carbons (Fsp3) is 0.300. The molecule has 0 aliphatic carbocycles. The molecule has 86 valence electrons. The first-order chi connectivity index (χ1) is 7.43. The zero-order valence-corrected chi connectivity index (χ0v) is 10.2. The molecular weight excluding hydrogens is 226 g/mol. The van der Waals surface area contributed by atoms with E-state index in [2.05, 4.69) is 4.98 Å². The average molecular weight is 239 g/mol. The Balaban J connectivity index is 2.65. The van der Waals surface area contributed by atoms with Crippen LogP contribution in [0.3, 0.4) is 0 Å². The number of hydrogen-bond donors (Lipinski definition) is 0. The molecule has 0 atom stereocenters. The van der Waals surface area contributed by atoms with Gasteiger partial charge in [0.2, 0.25) is 10.0 Å². The van der Waals surface area contributed by atoms with Gasteiger partial charge in [0.15, 0.2) is 0 Å². The molecule has 2 rings (SSSR count). The second kappa shape index (κ2) is 3.57. The number of hydrogen-bond acceptors (Lipinski definition) is 3. The summed E-state index contributed by atoms with van der Waals surface area (Å²) < 4.78 is 26.8. The van der Waals surface area contributed by atoms with Crippen LogP contribution in [-0.2, 0) is 17.1 Å². The van der Waals surface area contributed by atoms with Crippen molar-refractivity contribution in [3.8, 4) is 0 Å². The first kappa shape index (κ1) is 11.1. The van der Waals surface area contributed by atoms with E-state index in [0.717, 1.165) is 5.52 Å². The standard InChI is InChI=1S/C10H13N3O2S/c1-12(2)16(14,15)8-4-5-10-9(6-8)11-7-13(10)3/h4-7H,1-3H3.